The van der Waals surface area contributed by atoms with Crippen LogP contribution in [0.2, 0.25) is 0 Å². The van der Waals surface area contributed by atoms with Gasteiger partial charge in [0.15, 0.2) is 0 Å². The van der Waals surface area contributed by atoms with Crippen molar-refractivity contribution in [2.75, 3.05) is 26.2 Å². The molecular formula is C17H22F4N2O. The number of ether oxygens (including phenoxy) is 1. The van der Waals surface area contributed by atoms with Crippen LogP contribution in [0.3, 0.4) is 0 Å². The quantitative estimate of drug-likeness (QED) is 0.572. The first-order chi connectivity index (χ1) is 11.4. The minimum Gasteiger partial charge on any atom is -0.428 e. The molecule has 0 amide bonds. The summed E-state index contributed by atoms with van der Waals surface area (Å²) >= 11 is 0. The summed E-state index contributed by atoms with van der Waals surface area (Å²) in [6.07, 6.45) is -5.01. The lowest BCUT2D eigenvalue weighted by atomic mass is 9.99. The summed E-state index contributed by atoms with van der Waals surface area (Å²) in [7, 11) is 0. The van der Waals surface area contributed by atoms with Crippen LogP contribution in [-0.4, -0.2) is 43.6 Å². The summed E-state index contributed by atoms with van der Waals surface area (Å²) in [6.45, 7) is 7.09. The van der Waals surface area contributed by atoms with E-state index < -0.39 is 12.5 Å². The van der Waals surface area contributed by atoms with Gasteiger partial charge in [0.2, 0.25) is 0 Å². The van der Waals surface area contributed by atoms with Crippen molar-refractivity contribution in [3.05, 3.63) is 42.5 Å². The number of nitrogens with one attached hydrogen (secondary N) is 1. The Morgan fingerprint density at radius 3 is 2.62 bits per heavy atom. The second-order valence-corrected chi connectivity index (χ2v) is 5.70. The first-order valence-electron chi connectivity index (χ1n) is 7.94. The lowest BCUT2D eigenvalue weighted by molar-refractivity contribution is -0.253. The molecule has 2 rings (SSSR count). The van der Waals surface area contributed by atoms with E-state index in [4.69, 9.17) is 0 Å². The fourth-order valence-electron chi connectivity index (χ4n) is 2.82. The number of nitrogens with zero attached hydrogens (tertiary/aromatic N) is 1. The Labute approximate surface area is 139 Å². The molecule has 7 heteroatoms. The Morgan fingerprint density at radius 1 is 1.29 bits per heavy atom. The molecule has 1 aliphatic heterocycles. The summed E-state index contributed by atoms with van der Waals surface area (Å²) in [5.41, 5.74) is 0.779. The summed E-state index contributed by atoms with van der Waals surface area (Å²) in [4.78, 5) is 2.25. The summed E-state index contributed by atoms with van der Waals surface area (Å²) in [6, 6.07) is 6.06. The molecule has 24 heavy (non-hydrogen) atoms. The SMILES string of the molecule is C=CCC[C@H](c1cccc(OC(F)(F)C(F)F)c1)N1CCNCC1. The van der Waals surface area contributed by atoms with Gasteiger partial charge in [0.1, 0.15) is 5.75 Å². The van der Waals surface area contributed by atoms with Crippen molar-refractivity contribution < 1.29 is 22.3 Å². The molecular weight excluding hydrogens is 324 g/mol. The predicted octanol–water partition coefficient (Wildman–Crippen LogP) is 3.84. The highest BCUT2D eigenvalue weighted by Gasteiger charge is 2.44. The predicted molar refractivity (Wildman–Crippen MR) is 84.6 cm³/mol. The van der Waals surface area contributed by atoms with Crippen molar-refractivity contribution in [3.8, 4) is 5.75 Å². The van der Waals surface area contributed by atoms with Crippen LogP contribution in [-0.2, 0) is 0 Å². The first kappa shape index (κ1) is 18.7. The Morgan fingerprint density at radius 2 is 2.00 bits per heavy atom. The van der Waals surface area contributed by atoms with Crippen molar-refractivity contribution in [3.63, 3.8) is 0 Å². The van der Waals surface area contributed by atoms with E-state index in [0.717, 1.165) is 44.6 Å². The molecule has 134 valence electrons. The fourth-order valence-corrected chi connectivity index (χ4v) is 2.82. The Balaban J connectivity index is 2.19. The molecule has 1 saturated heterocycles. The van der Waals surface area contributed by atoms with E-state index in [0.29, 0.717) is 0 Å². The zero-order chi connectivity index (χ0) is 17.6. The third-order valence-electron chi connectivity index (χ3n) is 3.99. The highest BCUT2D eigenvalue weighted by atomic mass is 19.3. The minimum atomic E-state index is -4.50. The van der Waals surface area contributed by atoms with E-state index in [-0.39, 0.29) is 11.8 Å². The van der Waals surface area contributed by atoms with Crippen molar-refractivity contribution in [1.82, 2.24) is 10.2 Å². The highest BCUT2D eigenvalue weighted by Crippen LogP contribution is 2.32. The van der Waals surface area contributed by atoms with Crippen LogP contribution < -0.4 is 10.1 Å². The topological polar surface area (TPSA) is 24.5 Å². The lowest BCUT2D eigenvalue weighted by Gasteiger charge is -2.35. The van der Waals surface area contributed by atoms with Crippen LogP contribution in [0.4, 0.5) is 17.6 Å². The van der Waals surface area contributed by atoms with Crippen LogP contribution in [0, 0.1) is 0 Å². The number of hydrogen-bond acceptors (Lipinski definition) is 3. The summed E-state index contributed by atoms with van der Waals surface area (Å²) in [5, 5.41) is 3.26. The molecule has 1 heterocycles. The van der Waals surface area contributed by atoms with E-state index in [1.54, 1.807) is 12.1 Å². The van der Waals surface area contributed by atoms with E-state index in [1.807, 2.05) is 6.07 Å². The zero-order valence-electron chi connectivity index (χ0n) is 13.4. The minimum absolute atomic E-state index is 0.00817. The smallest absolute Gasteiger partial charge is 0.428 e. The summed E-state index contributed by atoms with van der Waals surface area (Å²) in [5.74, 6) is -0.253. The molecule has 0 radical (unpaired) electrons. The average molecular weight is 346 g/mol. The molecule has 1 atom stereocenters. The number of alkyl halides is 4. The molecule has 1 N–H and O–H groups in total. The van der Waals surface area contributed by atoms with Gasteiger partial charge >= 0.3 is 12.5 Å². The van der Waals surface area contributed by atoms with Crippen molar-refractivity contribution in [1.29, 1.82) is 0 Å². The van der Waals surface area contributed by atoms with Gasteiger partial charge in [0, 0.05) is 32.2 Å². The Kier molecular flexibility index (Phi) is 6.62. The zero-order valence-corrected chi connectivity index (χ0v) is 13.4. The number of halogens is 4. The van der Waals surface area contributed by atoms with Crippen LogP contribution in [0.1, 0.15) is 24.4 Å². The highest BCUT2D eigenvalue weighted by molar-refractivity contribution is 5.31. The van der Waals surface area contributed by atoms with Crippen molar-refractivity contribution in [2.24, 2.45) is 0 Å². The van der Waals surface area contributed by atoms with E-state index in [1.165, 1.54) is 12.1 Å². The fraction of sp³-hybridized carbons (Fsp3) is 0.529. The van der Waals surface area contributed by atoms with Gasteiger partial charge in [-0.3, -0.25) is 4.90 Å². The van der Waals surface area contributed by atoms with Crippen LogP contribution in [0.25, 0.3) is 0 Å². The molecule has 1 fully saturated rings. The van der Waals surface area contributed by atoms with Gasteiger partial charge in [-0.05, 0) is 30.5 Å². The molecule has 0 spiro atoms. The van der Waals surface area contributed by atoms with Gasteiger partial charge in [-0.2, -0.15) is 17.6 Å². The number of piperazine rings is 1. The molecule has 3 nitrogen and oxygen atoms in total. The molecule has 0 aromatic heterocycles. The van der Waals surface area contributed by atoms with Crippen molar-refractivity contribution >= 4 is 0 Å². The number of hydrogen-bond donors (Lipinski definition) is 1. The van der Waals surface area contributed by atoms with Gasteiger partial charge in [0.05, 0.1) is 0 Å². The monoisotopic (exact) mass is 346 g/mol. The lowest BCUT2D eigenvalue weighted by Crippen LogP contribution is -2.45. The van der Waals surface area contributed by atoms with E-state index in [2.05, 4.69) is 21.5 Å². The average Bonchev–Trinajstić information content (AvgIpc) is 2.56. The van der Waals surface area contributed by atoms with Gasteiger partial charge in [-0.25, -0.2) is 0 Å². The number of benzene rings is 1. The van der Waals surface area contributed by atoms with E-state index in [9.17, 15) is 17.6 Å². The largest absolute Gasteiger partial charge is 0.461 e. The Hall–Kier alpha value is -1.60. The molecule has 0 aliphatic carbocycles. The van der Waals surface area contributed by atoms with Gasteiger partial charge in [0.25, 0.3) is 0 Å². The van der Waals surface area contributed by atoms with E-state index >= 15 is 0 Å². The molecule has 1 aromatic carbocycles. The maximum Gasteiger partial charge on any atom is 0.461 e. The van der Waals surface area contributed by atoms with Gasteiger partial charge in [-0.15, -0.1) is 6.58 Å². The van der Waals surface area contributed by atoms with Gasteiger partial charge < -0.3 is 10.1 Å². The molecule has 0 bridgehead atoms. The van der Waals surface area contributed by atoms with Crippen LogP contribution >= 0.6 is 0 Å². The maximum absolute atomic E-state index is 13.1. The normalized spacial score (nSPS) is 17.7. The molecule has 0 unspecified atom stereocenters. The molecule has 1 aliphatic rings. The third kappa shape index (κ3) is 4.95. The van der Waals surface area contributed by atoms with Crippen molar-refractivity contribution in [2.45, 2.75) is 31.4 Å². The molecule has 1 aromatic rings. The first-order valence-corrected chi connectivity index (χ1v) is 7.94. The second-order valence-electron chi connectivity index (χ2n) is 5.70. The Bertz CT molecular complexity index is 533. The number of allylic oxidation sites excluding steroid dienone is 1. The number of rotatable bonds is 8. The van der Waals surface area contributed by atoms with Crippen LogP contribution in [0.15, 0.2) is 36.9 Å². The summed E-state index contributed by atoms with van der Waals surface area (Å²) < 4.78 is 55.1. The van der Waals surface area contributed by atoms with Gasteiger partial charge in [-0.1, -0.05) is 18.2 Å². The standard InChI is InChI=1S/C17H22F4N2O/c1-2-3-7-15(23-10-8-22-9-11-23)13-5-4-6-14(12-13)24-17(20,21)16(18)19/h2,4-6,12,15-16,22H,1,3,7-11H2/t15-/m1/s1. The van der Waals surface area contributed by atoms with Crippen LogP contribution in [0.5, 0.6) is 5.75 Å². The third-order valence-corrected chi connectivity index (χ3v) is 3.99. The second kappa shape index (κ2) is 8.48. The molecule has 0 saturated carbocycles. The maximum atomic E-state index is 13.1.